The molecule has 9 heteroatoms. The number of benzene rings is 1. The van der Waals surface area contributed by atoms with Gasteiger partial charge in [-0.15, -0.1) is 0 Å². The second-order valence-electron chi connectivity index (χ2n) is 6.95. The van der Waals surface area contributed by atoms with Crippen LogP contribution in [0.5, 0.6) is 0 Å². The molecule has 160 valence electrons. The quantitative estimate of drug-likeness (QED) is 0.343. The fraction of sp³-hybridized carbons (Fsp3) is 0.500. The molecule has 0 fully saturated rings. The van der Waals surface area contributed by atoms with E-state index in [4.69, 9.17) is 5.73 Å². The number of nitrogens with two attached hydrogens (primary N) is 1. The summed E-state index contributed by atoms with van der Waals surface area (Å²) in [6.45, 7) is 4.77. The fourth-order valence-electron chi connectivity index (χ4n) is 2.66. The first-order valence-corrected chi connectivity index (χ1v) is 9.56. The minimum atomic E-state index is -1.14. The number of carbonyl (C=O) groups excluding carboxylic acids is 3. The standard InChI is InChI=1S/C20H30N4O5/c1-4-12(2)17(20(28)29)24-19(27)15(10-14-8-6-5-7-9-14)23-18(26)13(3)22-16(25)11-21/h5-9,12-13,15,17H,4,10-11,21H2,1-3H3,(H,22,25)(H,23,26)(H,24,27)(H,28,29). The summed E-state index contributed by atoms with van der Waals surface area (Å²) in [6, 6.07) is 6.05. The number of amides is 3. The van der Waals surface area contributed by atoms with Crippen molar-refractivity contribution < 1.29 is 24.3 Å². The summed E-state index contributed by atoms with van der Waals surface area (Å²) < 4.78 is 0. The topological polar surface area (TPSA) is 151 Å². The van der Waals surface area contributed by atoms with Crippen LogP contribution in [0.25, 0.3) is 0 Å². The molecule has 1 rings (SSSR count). The molecule has 0 bridgehead atoms. The highest BCUT2D eigenvalue weighted by Gasteiger charge is 2.30. The van der Waals surface area contributed by atoms with Crippen LogP contribution < -0.4 is 21.7 Å². The minimum absolute atomic E-state index is 0.169. The van der Waals surface area contributed by atoms with Gasteiger partial charge in [0.15, 0.2) is 0 Å². The molecule has 4 atom stereocenters. The average molecular weight is 406 g/mol. The summed E-state index contributed by atoms with van der Waals surface area (Å²) >= 11 is 0. The number of hydrogen-bond acceptors (Lipinski definition) is 5. The van der Waals surface area contributed by atoms with Gasteiger partial charge in [0.2, 0.25) is 17.7 Å². The van der Waals surface area contributed by atoms with E-state index in [0.717, 1.165) is 5.56 Å². The van der Waals surface area contributed by atoms with E-state index in [1.165, 1.54) is 6.92 Å². The molecule has 1 aromatic carbocycles. The van der Waals surface area contributed by atoms with Crippen molar-refractivity contribution >= 4 is 23.7 Å². The Balaban J connectivity index is 2.97. The third-order valence-corrected chi connectivity index (χ3v) is 4.65. The molecule has 0 heterocycles. The molecule has 9 nitrogen and oxygen atoms in total. The number of aliphatic carboxylic acids is 1. The van der Waals surface area contributed by atoms with Gasteiger partial charge in [-0.3, -0.25) is 14.4 Å². The van der Waals surface area contributed by atoms with Gasteiger partial charge >= 0.3 is 5.97 Å². The molecular weight excluding hydrogens is 376 g/mol. The highest BCUT2D eigenvalue weighted by Crippen LogP contribution is 2.10. The normalized spacial score (nSPS) is 14.8. The van der Waals surface area contributed by atoms with Gasteiger partial charge in [-0.25, -0.2) is 4.79 Å². The third-order valence-electron chi connectivity index (χ3n) is 4.65. The van der Waals surface area contributed by atoms with Crippen molar-refractivity contribution in [2.24, 2.45) is 11.7 Å². The van der Waals surface area contributed by atoms with Crippen molar-refractivity contribution in [3.63, 3.8) is 0 Å². The van der Waals surface area contributed by atoms with Crippen LogP contribution >= 0.6 is 0 Å². The van der Waals surface area contributed by atoms with Crippen LogP contribution in [0.3, 0.4) is 0 Å². The van der Waals surface area contributed by atoms with Crippen molar-refractivity contribution in [3.05, 3.63) is 35.9 Å². The molecule has 0 saturated carbocycles. The van der Waals surface area contributed by atoms with Crippen LogP contribution in [-0.4, -0.2) is 53.5 Å². The van der Waals surface area contributed by atoms with Crippen molar-refractivity contribution in [1.82, 2.24) is 16.0 Å². The van der Waals surface area contributed by atoms with Crippen LogP contribution in [0.2, 0.25) is 0 Å². The second kappa shape index (κ2) is 11.8. The lowest BCUT2D eigenvalue weighted by atomic mass is 9.98. The van der Waals surface area contributed by atoms with Crippen molar-refractivity contribution in [2.45, 2.75) is 51.7 Å². The van der Waals surface area contributed by atoms with Gasteiger partial charge in [-0.05, 0) is 18.4 Å². The summed E-state index contributed by atoms with van der Waals surface area (Å²) in [5.41, 5.74) is 6.03. The highest BCUT2D eigenvalue weighted by molar-refractivity contribution is 5.93. The van der Waals surface area contributed by atoms with E-state index in [-0.39, 0.29) is 18.9 Å². The van der Waals surface area contributed by atoms with Gasteiger partial charge in [0.25, 0.3) is 0 Å². The maximum Gasteiger partial charge on any atom is 0.326 e. The van der Waals surface area contributed by atoms with Crippen LogP contribution in [0, 0.1) is 5.92 Å². The van der Waals surface area contributed by atoms with E-state index >= 15 is 0 Å². The van der Waals surface area contributed by atoms with Gasteiger partial charge in [0.05, 0.1) is 6.54 Å². The molecule has 0 aromatic heterocycles. The Bertz CT molecular complexity index is 710. The van der Waals surface area contributed by atoms with E-state index in [1.807, 2.05) is 13.0 Å². The zero-order valence-corrected chi connectivity index (χ0v) is 17.0. The summed E-state index contributed by atoms with van der Waals surface area (Å²) in [7, 11) is 0. The molecule has 6 N–H and O–H groups in total. The largest absolute Gasteiger partial charge is 0.480 e. The van der Waals surface area contributed by atoms with Crippen LogP contribution in [-0.2, 0) is 25.6 Å². The summed E-state index contributed by atoms with van der Waals surface area (Å²) in [5, 5.41) is 17.0. The predicted molar refractivity (Wildman–Crippen MR) is 108 cm³/mol. The first kappa shape index (κ1) is 24.1. The molecule has 0 saturated heterocycles. The lowest BCUT2D eigenvalue weighted by Gasteiger charge is -2.25. The van der Waals surface area contributed by atoms with Crippen molar-refractivity contribution in [3.8, 4) is 0 Å². The van der Waals surface area contributed by atoms with Gasteiger partial charge in [-0.2, -0.15) is 0 Å². The Morgan fingerprint density at radius 1 is 1.00 bits per heavy atom. The SMILES string of the molecule is CCC(C)C(NC(=O)C(Cc1ccccc1)NC(=O)C(C)NC(=O)CN)C(=O)O. The fourth-order valence-corrected chi connectivity index (χ4v) is 2.66. The molecule has 0 aliphatic rings. The first-order chi connectivity index (χ1) is 13.7. The van der Waals surface area contributed by atoms with E-state index < -0.39 is 41.8 Å². The van der Waals surface area contributed by atoms with E-state index in [2.05, 4.69) is 16.0 Å². The second-order valence-corrected chi connectivity index (χ2v) is 6.95. The minimum Gasteiger partial charge on any atom is -0.480 e. The van der Waals surface area contributed by atoms with Crippen LogP contribution in [0.4, 0.5) is 0 Å². The van der Waals surface area contributed by atoms with Crippen LogP contribution in [0.15, 0.2) is 30.3 Å². The maximum absolute atomic E-state index is 12.8. The highest BCUT2D eigenvalue weighted by atomic mass is 16.4. The van der Waals surface area contributed by atoms with E-state index in [0.29, 0.717) is 6.42 Å². The zero-order chi connectivity index (χ0) is 22.0. The lowest BCUT2D eigenvalue weighted by molar-refractivity contribution is -0.143. The Labute approximate surface area is 170 Å². The number of carboxylic acids is 1. The third kappa shape index (κ3) is 7.90. The molecule has 0 aliphatic heterocycles. The maximum atomic E-state index is 12.8. The van der Waals surface area contributed by atoms with Gasteiger partial charge in [0, 0.05) is 6.42 Å². The molecule has 29 heavy (non-hydrogen) atoms. The Hall–Kier alpha value is -2.94. The predicted octanol–water partition coefficient (Wildman–Crippen LogP) is -0.207. The van der Waals surface area contributed by atoms with Gasteiger partial charge < -0.3 is 26.8 Å². The summed E-state index contributed by atoms with van der Waals surface area (Å²) in [5.74, 6) is -3.10. The van der Waals surface area contributed by atoms with Gasteiger partial charge in [0.1, 0.15) is 18.1 Å². The number of hydrogen-bond donors (Lipinski definition) is 5. The number of nitrogens with one attached hydrogen (secondary N) is 3. The van der Waals surface area contributed by atoms with E-state index in [1.54, 1.807) is 31.2 Å². The molecule has 1 aromatic rings. The Kier molecular flexibility index (Phi) is 9.81. The average Bonchev–Trinajstić information content (AvgIpc) is 2.70. The van der Waals surface area contributed by atoms with Crippen LogP contribution in [0.1, 0.15) is 32.8 Å². The monoisotopic (exact) mass is 406 g/mol. The number of carbonyl (C=O) groups is 4. The van der Waals surface area contributed by atoms with Crippen molar-refractivity contribution in [2.75, 3.05) is 6.54 Å². The van der Waals surface area contributed by atoms with Gasteiger partial charge in [-0.1, -0.05) is 50.6 Å². The number of rotatable bonds is 11. The van der Waals surface area contributed by atoms with Crippen molar-refractivity contribution in [1.29, 1.82) is 0 Å². The molecular formula is C20H30N4O5. The van der Waals surface area contributed by atoms with E-state index in [9.17, 15) is 24.3 Å². The first-order valence-electron chi connectivity index (χ1n) is 9.56. The Morgan fingerprint density at radius 3 is 2.14 bits per heavy atom. The smallest absolute Gasteiger partial charge is 0.326 e. The Morgan fingerprint density at radius 2 is 1.62 bits per heavy atom. The molecule has 0 spiro atoms. The summed E-state index contributed by atoms with van der Waals surface area (Å²) in [6.07, 6.45) is 0.734. The zero-order valence-electron chi connectivity index (χ0n) is 17.0. The summed E-state index contributed by atoms with van der Waals surface area (Å²) in [4.78, 5) is 48.2. The number of carboxylic acid groups (broad SMARTS) is 1. The molecule has 0 aliphatic carbocycles. The molecule has 0 radical (unpaired) electrons. The molecule has 3 amide bonds. The lowest BCUT2D eigenvalue weighted by Crippen LogP contribution is -2.57. The molecule has 4 unspecified atom stereocenters.